The topological polar surface area (TPSA) is 61.8 Å². The molecule has 3 aromatic carbocycles. The highest BCUT2D eigenvalue weighted by molar-refractivity contribution is 6.01. The first kappa shape index (κ1) is 18.5. The number of rotatable bonds is 7. The van der Waals surface area contributed by atoms with Gasteiger partial charge in [0.2, 0.25) is 0 Å². The summed E-state index contributed by atoms with van der Waals surface area (Å²) in [5, 5.41) is 2.01. The minimum absolute atomic E-state index is 0.262. The molecular formula is C22H20O5. The van der Waals surface area contributed by atoms with Crippen molar-refractivity contribution in [2.24, 2.45) is 0 Å². The average Bonchev–Trinajstić information content (AvgIpc) is 2.70. The lowest BCUT2D eigenvalue weighted by Crippen LogP contribution is -2.19. The summed E-state index contributed by atoms with van der Waals surface area (Å²) >= 11 is 0. The molecule has 27 heavy (non-hydrogen) atoms. The van der Waals surface area contributed by atoms with Crippen LogP contribution in [0, 0.1) is 6.92 Å². The molecule has 0 aromatic heterocycles. The quantitative estimate of drug-likeness (QED) is 0.469. The lowest BCUT2D eigenvalue weighted by molar-refractivity contribution is -0.144. The molecule has 0 spiro atoms. The van der Waals surface area contributed by atoms with E-state index in [1.807, 2.05) is 49.4 Å². The van der Waals surface area contributed by atoms with E-state index in [0.717, 1.165) is 16.3 Å². The van der Waals surface area contributed by atoms with E-state index in [1.165, 1.54) is 7.11 Å². The highest BCUT2D eigenvalue weighted by Gasteiger charge is 2.12. The van der Waals surface area contributed by atoms with E-state index in [1.54, 1.807) is 18.2 Å². The van der Waals surface area contributed by atoms with Crippen LogP contribution in [0.15, 0.2) is 60.7 Å². The van der Waals surface area contributed by atoms with Crippen molar-refractivity contribution in [1.82, 2.24) is 0 Å². The second kappa shape index (κ2) is 8.36. The molecule has 3 aromatic rings. The van der Waals surface area contributed by atoms with Gasteiger partial charge in [0, 0.05) is 5.56 Å². The third-order valence-corrected chi connectivity index (χ3v) is 4.10. The van der Waals surface area contributed by atoms with Crippen molar-refractivity contribution in [2.45, 2.75) is 6.92 Å². The van der Waals surface area contributed by atoms with E-state index in [0.29, 0.717) is 17.1 Å². The summed E-state index contributed by atoms with van der Waals surface area (Å²) < 4.78 is 15.7. The maximum absolute atomic E-state index is 12.3. The van der Waals surface area contributed by atoms with Crippen LogP contribution in [0.4, 0.5) is 0 Å². The molecule has 5 heteroatoms. The van der Waals surface area contributed by atoms with E-state index >= 15 is 0 Å². The Balaban J connectivity index is 1.54. The Bertz CT molecular complexity index is 977. The SMILES string of the molecule is COc1cc(C)ccc1OCC(=O)OCC(=O)c1ccc2ccccc2c1. The molecule has 0 amide bonds. The second-order valence-corrected chi connectivity index (χ2v) is 6.09. The van der Waals surface area contributed by atoms with Crippen LogP contribution < -0.4 is 9.47 Å². The molecule has 0 saturated heterocycles. The molecule has 0 bridgehead atoms. The molecule has 5 nitrogen and oxygen atoms in total. The maximum Gasteiger partial charge on any atom is 0.344 e. The zero-order valence-electron chi connectivity index (χ0n) is 15.2. The maximum atomic E-state index is 12.3. The standard InChI is InChI=1S/C22H20O5/c1-15-7-10-20(21(11-15)25-2)26-14-22(24)27-13-19(23)18-9-8-16-5-3-4-6-17(16)12-18/h3-12H,13-14H2,1-2H3. The monoisotopic (exact) mass is 364 g/mol. The number of carbonyl (C=O) groups excluding carboxylic acids is 2. The van der Waals surface area contributed by atoms with Gasteiger partial charge in [0.15, 0.2) is 30.5 Å². The molecule has 0 aliphatic heterocycles. The number of fused-ring (bicyclic) bond motifs is 1. The van der Waals surface area contributed by atoms with Crippen LogP contribution in [-0.2, 0) is 9.53 Å². The van der Waals surface area contributed by atoms with Gasteiger partial charge in [-0.25, -0.2) is 4.79 Å². The molecular weight excluding hydrogens is 344 g/mol. The lowest BCUT2D eigenvalue weighted by atomic mass is 10.0. The smallest absolute Gasteiger partial charge is 0.344 e. The van der Waals surface area contributed by atoms with Crippen LogP contribution >= 0.6 is 0 Å². The zero-order valence-corrected chi connectivity index (χ0v) is 15.2. The normalized spacial score (nSPS) is 10.4. The molecule has 0 unspecified atom stereocenters. The first-order chi connectivity index (χ1) is 13.1. The number of ketones is 1. The van der Waals surface area contributed by atoms with Crippen LogP contribution in [-0.4, -0.2) is 32.1 Å². The van der Waals surface area contributed by atoms with Gasteiger partial charge >= 0.3 is 5.97 Å². The third-order valence-electron chi connectivity index (χ3n) is 4.10. The molecule has 0 fully saturated rings. The van der Waals surface area contributed by atoms with Crippen molar-refractivity contribution in [2.75, 3.05) is 20.3 Å². The van der Waals surface area contributed by atoms with Gasteiger partial charge in [-0.05, 0) is 41.5 Å². The van der Waals surface area contributed by atoms with Crippen LogP contribution in [0.25, 0.3) is 10.8 Å². The van der Waals surface area contributed by atoms with Crippen LogP contribution in [0.5, 0.6) is 11.5 Å². The number of benzene rings is 3. The van der Waals surface area contributed by atoms with Crippen molar-refractivity contribution in [3.63, 3.8) is 0 Å². The highest BCUT2D eigenvalue weighted by Crippen LogP contribution is 2.27. The fraction of sp³-hybridized carbons (Fsp3) is 0.182. The van der Waals surface area contributed by atoms with Crippen molar-refractivity contribution in [1.29, 1.82) is 0 Å². The Morgan fingerprint density at radius 1 is 0.852 bits per heavy atom. The number of Topliss-reactive ketones (excluding diaryl/α,β-unsaturated/α-hetero) is 1. The number of ether oxygens (including phenoxy) is 3. The van der Waals surface area contributed by atoms with Gasteiger partial charge in [0.25, 0.3) is 0 Å². The van der Waals surface area contributed by atoms with Crippen LogP contribution in [0.3, 0.4) is 0 Å². The minimum Gasteiger partial charge on any atom is -0.493 e. The van der Waals surface area contributed by atoms with Crippen molar-refractivity contribution in [3.8, 4) is 11.5 Å². The van der Waals surface area contributed by atoms with Gasteiger partial charge < -0.3 is 14.2 Å². The fourth-order valence-corrected chi connectivity index (χ4v) is 2.66. The molecule has 0 aliphatic carbocycles. The molecule has 0 heterocycles. The number of carbonyl (C=O) groups is 2. The first-order valence-electron chi connectivity index (χ1n) is 8.52. The highest BCUT2D eigenvalue weighted by atomic mass is 16.6. The van der Waals surface area contributed by atoms with Gasteiger partial charge in [0.05, 0.1) is 7.11 Å². The Morgan fingerprint density at radius 3 is 2.41 bits per heavy atom. The van der Waals surface area contributed by atoms with Gasteiger partial charge in [-0.2, -0.15) is 0 Å². The van der Waals surface area contributed by atoms with E-state index in [2.05, 4.69) is 0 Å². The number of hydrogen-bond donors (Lipinski definition) is 0. The van der Waals surface area contributed by atoms with Crippen LogP contribution in [0.2, 0.25) is 0 Å². The summed E-state index contributed by atoms with van der Waals surface area (Å²) in [5.41, 5.74) is 1.52. The van der Waals surface area contributed by atoms with Crippen molar-refractivity contribution < 1.29 is 23.8 Å². The lowest BCUT2D eigenvalue weighted by Gasteiger charge is -2.11. The second-order valence-electron chi connectivity index (χ2n) is 6.09. The predicted molar refractivity (Wildman–Crippen MR) is 102 cm³/mol. The van der Waals surface area contributed by atoms with Gasteiger partial charge in [-0.3, -0.25) is 4.79 Å². The third kappa shape index (κ3) is 4.64. The first-order valence-corrected chi connectivity index (χ1v) is 8.52. The largest absolute Gasteiger partial charge is 0.493 e. The Hall–Kier alpha value is -3.34. The van der Waals surface area contributed by atoms with Crippen LogP contribution in [0.1, 0.15) is 15.9 Å². The summed E-state index contributed by atoms with van der Waals surface area (Å²) in [7, 11) is 1.53. The minimum atomic E-state index is -0.619. The molecule has 0 saturated carbocycles. The molecule has 0 aliphatic rings. The Kier molecular flexibility index (Phi) is 5.71. The number of methoxy groups -OCH3 is 1. The van der Waals surface area contributed by atoms with Crippen molar-refractivity contribution in [3.05, 3.63) is 71.8 Å². The number of esters is 1. The summed E-state index contributed by atoms with van der Waals surface area (Å²) in [6, 6.07) is 18.5. The predicted octanol–water partition coefficient (Wildman–Crippen LogP) is 3.96. The van der Waals surface area contributed by atoms with E-state index < -0.39 is 5.97 Å². The molecule has 0 N–H and O–H groups in total. The average molecular weight is 364 g/mol. The summed E-state index contributed by atoms with van der Waals surface area (Å²) in [6.45, 7) is 1.30. The van der Waals surface area contributed by atoms with E-state index in [9.17, 15) is 9.59 Å². The molecule has 0 radical (unpaired) electrons. The van der Waals surface area contributed by atoms with Gasteiger partial charge in [0.1, 0.15) is 0 Å². The van der Waals surface area contributed by atoms with Crippen molar-refractivity contribution >= 4 is 22.5 Å². The summed E-state index contributed by atoms with van der Waals surface area (Å²) in [5.74, 6) is 0.102. The van der Waals surface area contributed by atoms with Gasteiger partial charge in [-0.15, -0.1) is 0 Å². The molecule has 138 valence electrons. The van der Waals surface area contributed by atoms with E-state index in [4.69, 9.17) is 14.2 Å². The Morgan fingerprint density at radius 2 is 1.63 bits per heavy atom. The summed E-state index contributed by atoms with van der Waals surface area (Å²) in [6.07, 6.45) is 0. The number of hydrogen-bond acceptors (Lipinski definition) is 5. The van der Waals surface area contributed by atoms with Gasteiger partial charge in [-0.1, -0.05) is 42.5 Å². The molecule has 3 rings (SSSR count). The zero-order chi connectivity index (χ0) is 19.2. The summed E-state index contributed by atoms with van der Waals surface area (Å²) in [4.78, 5) is 24.2. The molecule has 0 atom stereocenters. The fourth-order valence-electron chi connectivity index (χ4n) is 2.66. The Labute approximate surface area is 157 Å². The van der Waals surface area contributed by atoms with E-state index in [-0.39, 0.29) is 19.0 Å². The number of aryl methyl sites for hydroxylation is 1.